The number of hydrogen-bond acceptors (Lipinski definition) is 2. The molecule has 2 nitrogen and oxygen atoms in total. The van der Waals surface area contributed by atoms with Crippen LogP contribution in [0.25, 0.3) is 32.7 Å². The number of fused-ring (bicyclic) bond motifs is 2. The van der Waals surface area contributed by atoms with Gasteiger partial charge in [-0.15, -0.1) is 0 Å². The van der Waals surface area contributed by atoms with E-state index in [2.05, 4.69) is 24.3 Å². The second-order valence-corrected chi connectivity index (χ2v) is 5.78. The van der Waals surface area contributed by atoms with Crippen LogP contribution in [0.4, 0.5) is 0 Å². The van der Waals surface area contributed by atoms with Gasteiger partial charge >= 0.3 is 0 Å². The minimum Gasteiger partial charge on any atom is -0.504 e. The highest BCUT2D eigenvalue weighted by molar-refractivity contribution is 6.08. The molecular formula is C22H18O2. The largest absolute Gasteiger partial charge is 0.504 e. The number of phenols is 1. The highest BCUT2D eigenvalue weighted by Gasteiger charge is 2.17. The SMILES string of the molecule is CCOc1cc2ccccc2c(-c2cccc3ccccc23)c1O. The molecule has 0 aromatic heterocycles. The molecule has 0 aliphatic carbocycles. The van der Waals surface area contributed by atoms with Crippen molar-refractivity contribution < 1.29 is 9.84 Å². The quantitative estimate of drug-likeness (QED) is 0.520. The van der Waals surface area contributed by atoms with E-state index in [9.17, 15) is 5.11 Å². The first-order valence-electron chi connectivity index (χ1n) is 8.15. The van der Waals surface area contributed by atoms with Crippen LogP contribution >= 0.6 is 0 Å². The number of hydrogen-bond donors (Lipinski definition) is 1. The summed E-state index contributed by atoms with van der Waals surface area (Å²) in [5.41, 5.74) is 1.84. The molecule has 0 saturated heterocycles. The lowest BCUT2D eigenvalue weighted by Gasteiger charge is -2.16. The fourth-order valence-electron chi connectivity index (χ4n) is 3.29. The van der Waals surface area contributed by atoms with E-state index in [1.165, 1.54) is 0 Å². The minimum absolute atomic E-state index is 0.201. The Kier molecular flexibility index (Phi) is 3.58. The smallest absolute Gasteiger partial charge is 0.166 e. The zero-order valence-electron chi connectivity index (χ0n) is 13.5. The molecule has 4 aromatic rings. The van der Waals surface area contributed by atoms with Gasteiger partial charge in [0, 0.05) is 5.56 Å². The molecule has 0 heterocycles. The predicted octanol–water partition coefficient (Wildman–Crippen LogP) is 5.76. The average Bonchev–Trinajstić information content (AvgIpc) is 2.62. The summed E-state index contributed by atoms with van der Waals surface area (Å²) in [5.74, 6) is 0.728. The highest BCUT2D eigenvalue weighted by Crippen LogP contribution is 2.45. The minimum atomic E-state index is 0.201. The van der Waals surface area contributed by atoms with Crippen molar-refractivity contribution in [2.75, 3.05) is 6.61 Å². The van der Waals surface area contributed by atoms with Gasteiger partial charge in [0.1, 0.15) is 0 Å². The van der Waals surface area contributed by atoms with Gasteiger partial charge in [0.2, 0.25) is 0 Å². The molecule has 0 bridgehead atoms. The number of benzene rings is 4. The number of aromatic hydroxyl groups is 1. The number of rotatable bonds is 3. The maximum absolute atomic E-state index is 10.9. The van der Waals surface area contributed by atoms with E-state index < -0.39 is 0 Å². The van der Waals surface area contributed by atoms with Gasteiger partial charge < -0.3 is 9.84 Å². The van der Waals surface area contributed by atoms with E-state index in [0.717, 1.165) is 32.7 Å². The van der Waals surface area contributed by atoms with Crippen LogP contribution in [0, 0.1) is 0 Å². The molecule has 0 aliphatic heterocycles. The van der Waals surface area contributed by atoms with Crippen LogP contribution in [0.3, 0.4) is 0 Å². The van der Waals surface area contributed by atoms with Gasteiger partial charge in [-0.05, 0) is 40.1 Å². The normalized spacial score (nSPS) is 11.0. The Balaban J connectivity index is 2.13. The van der Waals surface area contributed by atoms with Gasteiger partial charge in [0.05, 0.1) is 6.61 Å². The zero-order valence-corrected chi connectivity index (χ0v) is 13.5. The molecule has 2 heteroatoms. The first-order valence-corrected chi connectivity index (χ1v) is 8.15. The van der Waals surface area contributed by atoms with Crippen molar-refractivity contribution in [1.82, 2.24) is 0 Å². The van der Waals surface area contributed by atoms with Gasteiger partial charge in [0.25, 0.3) is 0 Å². The third kappa shape index (κ3) is 2.28. The third-order valence-corrected chi connectivity index (χ3v) is 4.35. The molecule has 0 saturated carbocycles. The Labute approximate surface area is 140 Å². The van der Waals surface area contributed by atoms with Gasteiger partial charge in [-0.25, -0.2) is 0 Å². The van der Waals surface area contributed by atoms with Gasteiger partial charge in [0.15, 0.2) is 11.5 Å². The fraction of sp³-hybridized carbons (Fsp3) is 0.0909. The third-order valence-electron chi connectivity index (χ3n) is 4.35. The Morgan fingerprint density at radius 1 is 0.792 bits per heavy atom. The molecule has 0 spiro atoms. The fourth-order valence-corrected chi connectivity index (χ4v) is 3.29. The van der Waals surface area contributed by atoms with Crippen molar-refractivity contribution in [3.63, 3.8) is 0 Å². The summed E-state index contributed by atoms with van der Waals surface area (Å²) in [5, 5.41) is 15.3. The van der Waals surface area contributed by atoms with Crippen LogP contribution in [0.2, 0.25) is 0 Å². The Hall–Kier alpha value is -3.00. The van der Waals surface area contributed by atoms with Gasteiger partial charge in [-0.1, -0.05) is 66.7 Å². The van der Waals surface area contributed by atoms with Gasteiger partial charge in [-0.3, -0.25) is 0 Å². The molecule has 0 radical (unpaired) electrons. The van der Waals surface area contributed by atoms with Crippen molar-refractivity contribution in [3.8, 4) is 22.6 Å². The van der Waals surface area contributed by atoms with E-state index in [0.29, 0.717) is 12.4 Å². The van der Waals surface area contributed by atoms with E-state index >= 15 is 0 Å². The summed E-state index contributed by atoms with van der Waals surface area (Å²) < 4.78 is 5.67. The van der Waals surface area contributed by atoms with E-state index in [1.54, 1.807) is 0 Å². The summed E-state index contributed by atoms with van der Waals surface area (Å²) in [6.45, 7) is 2.44. The highest BCUT2D eigenvalue weighted by atomic mass is 16.5. The molecule has 0 atom stereocenters. The molecule has 1 N–H and O–H groups in total. The molecule has 24 heavy (non-hydrogen) atoms. The Morgan fingerprint density at radius 2 is 1.46 bits per heavy atom. The second-order valence-electron chi connectivity index (χ2n) is 5.78. The summed E-state index contributed by atoms with van der Waals surface area (Å²) in [7, 11) is 0. The molecular weight excluding hydrogens is 296 g/mol. The lowest BCUT2D eigenvalue weighted by atomic mass is 9.93. The first kappa shape index (κ1) is 14.6. The molecule has 0 aliphatic rings. The molecule has 4 aromatic carbocycles. The van der Waals surface area contributed by atoms with Crippen molar-refractivity contribution >= 4 is 21.5 Å². The van der Waals surface area contributed by atoms with Crippen molar-refractivity contribution in [2.45, 2.75) is 6.92 Å². The summed E-state index contributed by atoms with van der Waals surface area (Å²) >= 11 is 0. The molecule has 0 amide bonds. The predicted molar refractivity (Wildman–Crippen MR) is 99.7 cm³/mol. The second kappa shape index (κ2) is 5.89. The maximum atomic E-state index is 10.9. The first-order chi connectivity index (χ1) is 11.8. The van der Waals surface area contributed by atoms with Crippen LogP contribution in [0.5, 0.6) is 11.5 Å². The topological polar surface area (TPSA) is 29.5 Å². The summed E-state index contributed by atoms with van der Waals surface area (Å²) in [6.07, 6.45) is 0. The Bertz CT molecular complexity index is 1030. The van der Waals surface area contributed by atoms with E-state index in [4.69, 9.17) is 4.74 Å². The van der Waals surface area contributed by atoms with Crippen LogP contribution < -0.4 is 4.74 Å². The van der Waals surface area contributed by atoms with Gasteiger partial charge in [-0.2, -0.15) is 0 Å². The lowest BCUT2D eigenvalue weighted by molar-refractivity contribution is 0.319. The van der Waals surface area contributed by atoms with Crippen molar-refractivity contribution in [1.29, 1.82) is 0 Å². The summed E-state index contributed by atoms with van der Waals surface area (Å²) in [6, 6.07) is 24.4. The van der Waals surface area contributed by atoms with E-state index in [1.807, 2.05) is 55.5 Å². The van der Waals surface area contributed by atoms with Crippen molar-refractivity contribution in [2.24, 2.45) is 0 Å². The standard InChI is InChI=1S/C22H18O2/c1-2-24-20-14-16-9-4-6-12-18(16)21(22(20)23)19-13-7-10-15-8-3-5-11-17(15)19/h3-14,23H,2H2,1H3. The maximum Gasteiger partial charge on any atom is 0.166 e. The van der Waals surface area contributed by atoms with Crippen LogP contribution in [-0.4, -0.2) is 11.7 Å². The van der Waals surface area contributed by atoms with E-state index in [-0.39, 0.29) is 5.75 Å². The Morgan fingerprint density at radius 3 is 2.25 bits per heavy atom. The molecule has 4 rings (SSSR count). The van der Waals surface area contributed by atoms with Crippen LogP contribution in [0.1, 0.15) is 6.92 Å². The van der Waals surface area contributed by atoms with Crippen LogP contribution in [0.15, 0.2) is 72.8 Å². The monoisotopic (exact) mass is 314 g/mol. The summed E-state index contributed by atoms with van der Waals surface area (Å²) in [4.78, 5) is 0. The average molecular weight is 314 g/mol. The zero-order chi connectivity index (χ0) is 16.5. The number of phenolic OH excluding ortho intramolecular Hbond substituents is 1. The number of ether oxygens (including phenoxy) is 1. The lowest BCUT2D eigenvalue weighted by Crippen LogP contribution is -1.94. The van der Waals surface area contributed by atoms with Crippen molar-refractivity contribution in [3.05, 3.63) is 72.8 Å². The molecule has 118 valence electrons. The molecule has 0 unspecified atom stereocenters. The molecule has 0 fully saturated rings. The van der Waals surface area contributed by atoms with Crippen LogP contribution in [-0.2, 0) is 0 Å².